The van der Waals surface area contributed by atoms with Gasteiger partial charge in [0.05, 0.1) is 28.8 Å². The van der Waals surface area contributed by atoms with Gasteiger partial charge in [-0.2, -0.15) is 5.10 Å². The van der Waals surface area contributed by atoms with Crippen molar-refractivity contribution in [2.45, 2.75) is 0 Å². The fraction of sp³-hybridized carbons (Fsp3) is 0. The maximum Gasteiger partial charge on any atom is 0.135 e. The number of aromatic hydroxyl groups is 1. The lowest BCUT2D eigenvalue weighted by Gasteiger charge is -2.01. The molecular formula is C23H15N7O. The molecule has 0 aliphatic rings. The third-order valence-electron chi connectivity index (χ3n) is 5.17. The molecule has 0 unspecified atom stereocenters. The number of H-pyrrole nitrogens is 2. The molecule has 6 rings (SSSR count). The van der Waals surface area contributed by atoms with Crippen molar-refractivity contribution in [1.29, 1.82) is 0 Å². The van der Waals surface area contributed by atoms with Crippen LogP contribution in [0.4, 0.5) is 0 Å². The first-order valence-corrected chi connectivity index (χ1v) is 9.64. The first-order valence-electron chi connectivity index (χ1n) is 9.64. The van der Waals surface area contributed by atoms with Gasteiger partial charge in [0.15, 0.2) is 0 Å². The van der Waals surface area contributed by atoms with E-state index in [-0.39, 0.29) is 5.75 Å². The van der Waals surface area contributed by atoms with E-state index in [0.29, 0.717) is 11.4 Å². The van der Waals surface area contributed by atoms with Crippen LogP contribution in [0.15, 0.2) is 73.4 Å². The molecule has 6 aromatic heterocycles. The van der Waals surface area contributed by atoms with Crippen LogP contribution in [0.25, 0.3) is 55.8 Å². The molecule has 0 aliphatic heterocycles. The Bertz CT molecular complexity index is 1550. The van der Waals surface area contributed by atoms with Crippen LogP contribution in [-0.4, -0.2) is 40.2 Å². The van der Waals surface area contributed by atoms with Crippen molar-refractivity contribution in [2.24, 2.45) is 0 Å². The molecule has 31 heavy (non-hydrogen) atoms. The number of aromatic amines is 2. The molecule has 0 saturated carbocycles. The lowest BCUT2D eigenvalue weighted by atomic mass is 10.1. The van der Waals surface area contributed by atoms with Crippen molar-refractivity contribution in [3.8, 4) is 39.7 Å². The monoisotopic (exact) mass is 405 g/mol. The normalized spacial score (nSPS) is 11.4. The lowest BCUT2D eigenvalue weighted by molar-refractivity contribution is 0.473. The molecule has 8 nitrogen and oxygen atoms in total. The molecule has 0 bridgehead atoms. The van der Waals surface area contributed by atoms with E-state index < -0.39 is 0 Å². The zero-order valence-electron chi connectivity index (χ0n) is 16.1. The quantitative estimate of drug-likeness (QED) is 0.403. The summed E-state index contributed by atoms with van der Waals surface area (Å²) in [4.78, 5) is 21.0. The summed E-state index contributed by atoms with van der Waals surface area (Å²) in [5, 5.41) is 18.3. The van der Waals surface area contributed by atoms with Crippen LogP contribution in [0.1, 0.15) is 0 Å². The number of fused-ring (bicyclic) bond motifs is 2. The van der Waals surface area contributed by atoms with Gasteiger partial charge in [0.25, 0.3) is 0 Å². The second-order valence-corrected chi connectivity index (χ2v) is 7.14. The van der Waals surface area contributed by atoms with Gasteiger partial charge in [-0.3, -0.25) is 20.1 Å². The summed E-state index contributed by atoms with van der Waals surface area (Å²) in [7, 11) is 0. The number of pyridine rings is 4. The Balaban J connectivity index is 1.51. The number of rotatable bonds is 3. The molecule has 6 heterocycles. The maximum absolute atomic E-state index is 9.76. The minimum Gasteiger partial charge on any atom is -0.506 e. The van der Waals surface area contributed by atoms with Crippen LogP contribution in [0.5, 0.6) is 5.75 Å². The Kier molecular flexibility index (Phi) is 3.76. The van der Waals surface area contributed by atoms with Crippen molar-refractivity contribution in [3.63, 3.8) is 0 Å². The van der Waals surface area contributed by atoms with E-state index in [2.05, 4.69) is 30.1 Å². The zero-order chi connectivity index (χ0) is 20.8. The fourth-order valence-electron chi connectivity index (χ4n) is 3.73. The topological polar surface area (TPSA) is 116 Å². The van der Waals surface area contributed by atoms with Crippen LogP contribution >= 0.6 is 0 Å². The average Bonchev–Trinajstić information content (AvgIpc) is 3.43. The third kappa shape index (κ3) is 2.89. The molecule has 8 heteroatoms. The van der Waals surface area contributed by atoms with E-state index in [1.807, 2.05) is 36.4 Å². The highest BCUT2D eigenvalue weighted by molar-refractivity contribution is 5.99. The second kappa shape index (κ2) is 6.74. The molecule has 0 spiro atoms. The number of nitrogens with zero attached hydrogens (tertiary/aromatic N) is 5. The Morgan fingerprint density at radius 3 is 2.61 bits per heavy atom. The van der Waals surface area contributed by atoms with Gasteiger partial charge in [-0.15, -0.1) is 0 Å². The van der Waals surface area contributed by atoms with Gasteiger partial charge in [-0.25, -0.2) is 4.98 Å². The van der Waals surface area contributed by atoms with Crippen molar-refractivity contribution in [1.82, 2.24) is 35.1 Å². The van der Waals surface area contributed by atoms with Gasteiger partial charge in [-0.05, 0) is 42.5 Å². The van der Waals surface area contributed by atoms with E-state index in [4.69, 9.17) is 4.98 Å². The highest BCUT2D eigenvalue weighted by Crippen LogP contribution is 2.33. The van der Waals surface area contributed by atoms with Crippen LogP contribution < -0.4 is 0 Å². The summed E-state index contributed by atoms with van der Waals surface area (Å²) < 4.78 is 0. The minimum absolute atomic E-state index is 0.0952. The molecule has 3 N–H and O–H groups in total. The lowest BCUT2D eigenvalue weighted by Crippen LogP contribution is -1.86. The maximum atomic E-state index is 9.76. The molecule has 0 amide bonds. The summed E-state index contributed by atoms with van der Waals surface area (Å²) in [6, 6.07) is 13.3. The van der Waals surface area contributed by atoms with E-state index in [1.54, 1.807) is 30.9 Å². The Morgan fingerprint density at radius 1 is 0.806 bits per heavy atom. The first-order chi connectivity index (χ1) is 15.3. The van der Waals surface area contributed by atoms with Gasteiger partial charge in [0.1, 0.15) is 17.0 Å². The molecule has 0 fully saturated rings. The van der Waals surface area contributed by atoms with Crippen molar-refractivity contribution < 1.29 is 5.11 Å². The van der Waals surface area contributed by atoms with E-state index in [0.717, 1.165) is 44.5 Å². The average molecular weight is 405 g/mol. The van der Waals surface area contributed by atoms with Gasteiger partial charge in [0.2, 0.25) is 0 Å². The number of hydrogen-bond acceptors (Lipinski definition) is 6. The standard InChI is InChI=1S/C23H15N7O/c31-15-8-14(11-25-12-15)17-3-4-19-22(28-17)23(30-29-19)20-9-16-18(27-20)5-7-26-21(16)13-2-1-6-24-10-13/h1-12,27,31H,(H,29,30). The summed E-state index contributed by atoms with van der Waals surface area (Å²) in [5.74, 6) is 0.0952. The molecule has 0 saturated heterocycles. The summed E-state index contributed by atoms with van der Waals surface area (Å²) in [6.07, 6.45) is 8.38. The summed E-state index contributed by atoms with van der Waals surface area (Å²) in [6.45, 7) is 0. The van der Waals surface area contributed by atoms with Crippen molar-refractivity contribution >= 4 is 21.9 Å². The van der Waals surface area contributed by atoms with Crippen LogP contribution in [0.2, 0.25) is 0 Å². The first kappa shape index (κ1) is 17.3. The van der Waals surface area contributed by atoms with Gasteiger partial charge in [-0.1, -0.05) is 0 Å². The SMILES string of the molecule is Oc1cncc(-c2ccc3[nH]nc(-c4cc5c(-c6cccnc6)nccc5[nH]4)c3n2)c1. The second-order valence-electron chi connectivity index (χ2n) is 7.14. The molecule has 148 valence electrons. The molecule has 0 radical (unpaired) electrons. The number of nitrogens with one attached hydrogen (secondary N) is 2. The number of hydrogen-bond donors (Lipinski definition) is 3. The van der Waals surface area contributed by atoms with Gasteiger partial charge in [0, 0.05) is 46.8 Å². The Hall–Kier alpha value is -4.59. The predicted molar refractivity (Wildman–Crippen MR) is 117 cm³/mol. The Morgan fingerprint density at radius 2 is 1.74 bits per heavy atom. The van der Waals surface area contributed by atoms with E-state index >= 15 is 0 Å². The molecule has 0 aliphatic carbocycles. The minimum atomic E-state index is 0.0952. The largest absolute Gasteiger partial charge is 0.506 e. The fourth-order valence-corrected chi connectivity index (χ4v) is 3.73. The van der Waals surface area contributed by atoms with E-state index in [1.165, 1.54) is 6.20 Å². The smallest absolute Gasteiger partial charge is 0.135 e. The summed E-state index contributed by atoms with van der Waals surface area (Å²) >= 11 is 0. The molecule has 0 atom stereocenters. The molecule has 6 aromatic rings. The van der Waals surface area contributed by atoms with Gasteiger partial charge < -0.3 is 10.1 Å². The zero-order valence-corrected chi connectivity index (χ0v) is 16.1. The van der Waals surface area contributed by atoms with Crippen LogP contribution in [-0.2, 0) is 0 Å². The van der Waals surface area contributed by atoms with Crippen LogP contribution in [0.3, 0.4) is 0 Å². The van der Waals surface area contributed by atoms with Crippen molar-refractivity contribution in [2.75, 3.05) is 0 Å². The van der Waals surface area contributed by atoms with Crippen LogP contribution in [0, 0.1) is 0 Å². The molecule has 0 aromatic carbocycles. The van der Waals surface area contributed by atoms with Gasteiger partial charge >= 0.3 is 0 Å². The summed E-state index contributed by atoms with van der Waals surface area (Å²) in [5.41, 5.74) is 7.26. The number of aromatic nitrogens is 7. The highest BCUT2D eigenvalue weighted by atomic mass is 16.3. The Labute approximate surface area is 175 Å². The highest BCUT2D eigenvalue weighted by Gasteiger charge is 2.16. The van der Waals surface area contributed by atoms with Crippen molar-refractivity contribution in [3.05, 3.63) is 73.4 Å². The predicted octanol–water partition coefficient (Wildman–Crippen LogP) is 4.33. The molecular weight excluding hydrogens is 390 g/mol. The third-order valence-corrected chi connectivity index (χ3v) is 5.17. The van der Waals surface area contributed by atoms with E-state index in [9.17, 15) is 5.11 Å².